The highest BCUT2D eigenvalue weighted by Gasteiger charge is 2.12. The van der Waals surface area contributed by atoms with E-state index in [0.29, 0.717) is 10.6 Å². The first-order valence-corrected chi connectivity index (χ1v) is 5.21. The van der Waals surface area contributed by atoms with E-state index in [4.69, 9.17) is 18.0 Å². The maximum absolute atomic E-state index is 13.5. The van der Waals surface area contributed by atoms with Gasteiger partial charge in [-0.1, -0.05) is 30.5 Å². The summed E-state index contributed by atoms with van der Waals surface area (Å²) in [5.74, 6) is 2.15. The Morgan fingerprint density at radius 3 is 2.87 bits per heavy atom. The highest BCUT2D eigenvalue weighted by atomic mass is 35.5. The van der Waals surface area contributed by atoms with E-state index in [2.05, 4.69) is 11.2 Å². The molecule has 1 aromatic carbocycles. The fourth-order valence-corrected chi connectivity index (χ4v) is 1.44. The highest BCUT2D eigenvalue weighted by molar-refractivity contribution is 6.30. The Morgan fingerprint density at radius 1 is 1.60 bits per heavy atom. The minimum absolute atomic E-state index is 0.367. The van der Waals surface area contributed by atoms with Crippen molar-refractivity contribution in [3.05, 3.63) is 34.6 Å². The third kappa shape index (κ3) is 3.23. The average molecular weight is 226 g/mol. The normalized spacial score (nSPS) is 12.1. The van der Waals surface area contributed by atoms with Gasteiger partial charge in [-0.05, 0) is 25.1 Å². The number of hydrogen-bond donors (Lipinski definition) is 1. The highest BCUT2D eigenvalue weighted by Crippen LogP contribution is 2.20. The van der Waals surface area contributed by atoms with Gasteiger partial charge in [0.15, 0.2) is 0 Å². The second-order valence-corrected chi connectivity index (χ2v) is 3.66. The van der Waals surface area contributed by atoms with Gasteiger partial charge >= 0.3 is 0 Å². The fourth-order valence-electron chi connectivity index (χ4n) is 1.28. The van der Waals surface area contributed by atoms with Crippen LogP contribution in [0.1, 0.15) is 24.9 Å². The molecule has 3 heteroatoms. The maximum Gasteiger partial charge on any atom is 0.130 e. The van der Waals surface area contributed by atoms with Crippen LogP contribution in [0.25, 0.3) is 0 Å². The van der Waals surface area contributed by atoms with Gasteiger partial charge in [0, 0.05) is 10.6 Å². The number of hydrogen-bond acceptors (Lipinski definition) is 1. The third-order valence-corrected chi connectivity index (χ3v) is 2.27. The van der Waals surface area contributed by atoms with Crippen LogP contribution in [-0.2, 0) is 0 Å². The monoisotopic (exact) mass is 225 g/mol. The third-order valence-electron chi connectivity index (χ3n) is 2.04. The summed E-state index contributed by atoms with van der Waals surface area (Å²) < 4.78 is 13.5. The molecule has 0 aliphatic rings. The van der Waals surface area contributed by atoms with Crippen LogP contribution in [0, 0.1) is 18.2 Å². The van der Waals surface area contributed by atoms with Crippen LogP contribution in [0.4, 0.5) is 4.39 Å². The Bertz CT molecular complexity index is 370. The van der Waals surface area contributed by atoms with E-state index in [-0.39, 0.29) is 11.9 Å². The minimum Gasteiger partial charge on any atom is -0.300 e. The van der Waals surface area contributed by atoms with Gasteiger partial charge in [0.25, 0.3) is 0 Å². The zero-order chi connectivity index (χ0) is 11.3. The van der Waals surface area contributed by atoms with E-state index in [9.17, 15) is 4.39 Å². The average Bonchev–Trinajstić information content (AvgIpc) is 2.21. The van der Waals surface area contributed by atoms with Gasteiger partial charge in [-0.2, -0.15) is 0 Å². The first kappa shape index (κ1) is 12.0. The summed E-state index contributed by atoms with van der Waals surface area (Å²) in [6.45, 7) is 2.79. The van der Waals surface area contributed by atoms with E-state index in [1.807, 2.05) is 6.92 Å². The van der Waals surface area contributed by atoms with Crippen molar-refractivity contribution in [3.8, 4) is 12.3 Å². The molecule has 0 radical (unpaired) electrons. The van der Waals surface area contributed by atoms with Gasteiger partial charge in [-0.15, -0.1) is 6.42 Å². The zero-order valence-corrected chi connectivity index (χ0v) is 9.31. The van der Waals surface area contributed by atoms with Crippen molar-refractivity contribution < 1.29 is 4.39 Å². The molecule has 0 aliphatic carbocycles. The van der Waals surface area contributed by atoms with Crippen molar-refractivity contribution >= 4 is 11.6 Å². The van der Waals surface area contributed by atoms with Crippen molar-refractivity contribution in [2.45, 2.75) is 19.4 Å². The van der Waals surface area contributed by atoms with Crippen LogP contribution in [-0.4, -0.2) is 6.54 Å². The molecule has 1 N–H and O–H groups in total. The van der Waals surface area contributed by atoms with E-state index in [1.54, 1.807) is 12.1 Å². The zero-order valence-electron chi connectivity index (χ0n) is 8.56. The Hall–Kier alpha value is -1.04. The number of nitrogens with one attached hydrogen (secondary N) is 1. The lowest BCUT2D eigenvalue weighted by atomic mass is 10.1. The number of benzene rings is 1. The van der Waals surface area contributed by atoms with Gasteiger partial charge in [0.2, 0.25) is 0 Å². The molecule has 1 nitrogen and oxygen atoms in total. The molecule has 15 heavy (non-hydrogen) atoms. The summed E-state index contributed by atoms with van der Waals surface area (Å²) >= 11 is 5.66. The Morgan fingerprint density at radius 2 is 2.33 bits per heavy atom. The maximum atomic E-state index is 13.5. The van der Waals surface area contributed by atoms with Crippen LogP contribution in [0.5, 0.6) is 0 Å². The first-order valence-electron chi connectivity index (χ1n) is 4.83. The van der Waals surface area contributed by atoms with Crippen LogP contribution in [0.15, 0.2) is 18.2 Å². The van der Waals surface area contributed by atoms with Gasteiger partial charge in [-0.25, -0.2) is 4.39 Å². The standard InChI is InChI=1S/C12H13ClFN/c1-3-7-15-12(4-2)10-6-5-9(13)8-11(10)14/h2,5-6,8,12,15H,3,7H2,1H3. The van der Waals surface area contributed by atoms with Crippen LogP contribution in [0.3, 0.4) is 0 Å². The second-order valence-electron chi connectivity index (χ2n) is 3.22. The summed E-state index contributed by atoms with van der Waals surface area (Å²) in [7, 11) is 0. The van der Waals surface area contributed by atoms with Crippen LogP contribution in [0.2, 0.25) is 5.02 Å². The van der Waals surface area contributed by atoms with Gasteiger partial charge in [-0.3, -0.25) is 5.32 Å². The molecule has 0 fully saturated rings. The minimum atomic E-state index is -0.387. The van der Waals surface area contributed by atoms with Crippen molar-refractivity contribution in [1.29, 1.82) is 0 Å². The van der Waals surface area contributed by atoms with Gasteiger partial charge in [0.05, 0.1) is 6.04 Å². The van der Waals surface area contributed by atoms with E-state index >= 15 is 0 Å². The summed E-state index contributed by atoms with van der Waals surface area (Å²) in [6, 6.07) is 4.14. The molecular weight excluding hydrogens is 213 g/mol. The lowest BCUT2D eigenvalue weighted by molar-refractivity contribution is 0.563. The molecule has 80 valence electrons. The molecule has 0 saturated carbocycles. The van der Waals surface area contributed by atoms with E-state index in [1.165, 1.54) is 6.07 Å². The molecule has 1 unspecified atom stereocenters. The molecule has 0 amide bonds. The first-order chi connectivity index (χ1) is 7.19. The van der Waals surface area contributed by atoms with Gasteiger partial charge in [0.1, 0.15) is 5.82 Å². The summed E-state index contributed by atoms with van der Waals surface area (Å²) in [4.78, 5) is 0. The molecule has 1 aromatic rings. The molecule has 0 bridgehead atoms. The molecule has 0 spiro atoms. The number of rotatable bonds is 4. The Kier molecular flexibility index (Phi) is 4.61. The molecule has 1 atom stereocenters. The second kappa shape index (κ2) is 5.75. The predicted octanol–water partition coefficient (Wildman–Crippen LogP) is 3.15. The van der Waals surface area contributed by atoms with Crippen LogP contribution >= 0.6 is 11.6 Å². The smallest absolute Gasteiger partial charge is 0.130 e. The largest absolute Gasteiger partial charge is 0.300 e. The lowest BCUT2D eigenvalue weighted by Gasteiger charge is -2.13. The Balaban J connectivity index is 2.88. The summed E-state index contributed by atoms with van der Waals surface area (Å²) in [5, 5.41) is 3.45. The predicted molar refractivity (Wildman–Crippen MR) is 61.3 cm³/mol. The SMILES string of the molecule is C#CC(NCCC)c1ccc(Cl)cc1F. The topological polar surface area (TPSA) is 12.0 Å². The van der Waals surface area contributed by atoms with Crippen molar-refractivity contribution in [2.24, 2.45) is 0 Å². The summed E-state index contributed by atoms with van der Waals surface area (Å²) in [6.07, 6.45) is 6.29. The van der Waals surface area contributed by atoms with Crippen LogP contribution < -0.4 is 5.32 Å². The molecule has 0 saturated heterocycles. The molecule has 0 heterocycles. The van der Waals surface area contributed by atoms with Crippen molar-refractivity contribution in [1.82, 2.24) is 5.32 Å². The van der Waals surface area contributed by atoms with Crippen molar-refractivity contribution in [2.75, 3.05) is 6.54 Å². The number of halogens is 2. The number of terminal acetylenes is 1. The Labute approximate surface area is 94.6 Å². The molecule has 0 aromatic heterocycles. The molecule has 0 aliphatic heterocycles. The fraction of sp³-hybridized carbons (Fsp3) is 0.333. The lowest BCUT2D eigenvalue weighted by Crippen LogP contribution is -2.21. The van der Waals surface area contributed by atoms with E-state index < -0.39 is 0 Å². The molecular formula is C12H13ClFN. The summed E-state index contributed by atoms with van der Waals surface area (Å²) in [5.41, 5.74) is 0.468. The quantitative estimate of drug-likeness (QED) is 0.777. The molecule has 1 rings (SSSR count). The van der Waals surface area contributed by atoms with Gasteiger partial charge < -0.3 is 0 Å². The van der Waals surface area contributed by atoms with E-state index in [0.717, 1.165) is 13.0 Å². The van der Waals surface area contributed by atoms with Crippen molar-refractivity contribution in [3.63, 3.8) is 0 Å².